The van der Waals surface area contributed by atoms with E-state index in [9.17, 15) is 14.7 Å². The van der Waals surface area contributed by atoms with Crippen molar-refractivity contribution in [2.45, 2.75) is 45.0 Å². The lowest BCUT2D eigenvalue weighted by Crippen LogP contribution is -2.47. The summed E-state index contributed by atoms with van der Waals surface area (Å²) < 4.78 is 0. The molecular weight excluding hydrogens is 264 g/mol. The summed E-state index contributed by atoms with van der Waals surface area (Å²) in [4.78, 5) is 25.1. The minimum atomic E-state index is -0.907. The van der Waals surface area contributed by atoms with E-state index in [1.807, 2.05) is 20.8 Å². The average molecular weight is 288 g/mol. The number of carbonyl (C=O) groups is 2. The molecule has 1 amide bonds. The summed E-state index contributed by atoms with van der Waals surface area (Å²) in [6.45, 7) is 6.59. The van der Waals surface area contributed by atoms with E-state index in [1.165, 1.54) is 0 Å². The fourth-order valence-corrected chi connectivity index (χ4v) is 3.66. The first-order valence-electron chi connectivity index (χ1n) is 6.74. The highest BCUT2D eigenvalue weighted by atomic mass is 32.2. The van der Waals surface area contributed by atoms with Gasteiger partial charge in [0.25, 0.3) is 0 Å². The molecule has 0 radical (unpaired) electrons. The smallest absolute Gasteiger partial charge is 0.327 e. The van der Waals surface area contributed by atoms with E-state index < -0.39 is 12.0 Å². The molecule has 0 bridgehead atoms. The molecule has 1 heterocycles. The summed E-state index contributed by atoms with van der Waals surface area (Å²) in [6.07, 6.45) is 1.10. The fourth-order valence-electron chi connectivity index (χ4n) is 2.16. The first-order valence-corrected chi connectivity index (χ1v) is 7.79. The molecule has 19 heavy (non-hydrogen) atoms. The second kappa shape index (κ2) is 7.14. The Kier molecular flexibility index (Phi) is 6.13. The number of aliphatic carboxylic acids is 1. The first kappa shape index (κ1) is 16.3. The van der Waals surface area contributed by atoms with Crippen molar-refractivity contribution in [3.05, 3.63) is 0 Å². The minimum absolute atomic E-state index is 0.0261. The Balaban J connectivity index is 2.72. The number of nitrogens with two attached hydrogens (primary N) is 1. The third-order valence-electron chi connectivity index (χ3n) is 3.43. The maximum Gasteiger partial charge on any atom is 0.327 e. The third-order valence-corrected chi connectivity index (χ3v) is 5.05. The van der Waals surface area contributed by atoms with E-state index in [2.05, 4.69) is 0 Å². The van der Waals surface area contributed by atoms with Gasteiger partial charge >= 0.3 is 5.97 Å². The van der Waals surface area contributed by atoms with E-state index in [0.717, 1.165) is 0 Å². The quantitative estimate of drug-likeness (QED) is 0.771. The van der Waals surface area contributed by atoms with Gasteiger partial charge in [0, 0.05) is 12.2 Å². The zero-order chi connectivity index (χ0) is 14.6. The fraction of sp³-hybridized carbons (Fsp3) is 0.846. The molecule has 1 saturated heterocycles. The molecule has 6 heteroatoms. The van der Waals surface area contributed by atoms with Crippen molar-refractivity contribution in [1.29, 1.82) is 0 Å². The summed E-state index contributed by atoms with van der Waals surface area (Å²) in [5.74, 6) is 0.0635. The molecule has 3 unspecified atom stereocenters. The first-order chi connectivity index (χ1) is 8.88. The molecule has 3 N–H and O–H groups in total. The minimum Gasteiger partial charge on any atom is -0.480 e. The molecule has 0 aromatic carbocycles. The summed E-state index contributed by atoms with van der Waals surface area (Å²) in [6, 6.07) is -0.682. The van der Waals surface area contributed by atoms with Gasteiger partial charge in [-0.2, -0.15) is 0 Å². The lowest BCUT2D eigenvalue weighted by atomic mass is 10.0. The predicted octanol–water partition coefficient (Wildman–Crippen LogP) is 1.37. The molecule has 0 spiro atoms. The zero-order valence-corrected chi connectivity index (χ0v) is 12.7. The van der Waals surface area contributed by atoms with Gasteiger partial charge in [-0.1, -0.05) is 20.8 Å². The van der Waals surface area contributed by atoms with Crippen LogP contribution in [-0.2, 0) is 9.59 Å². The van der Waals surface area contributed by atoms with Crippen molar-refractivity contribution in [1.82, 2.24) is 4.90 Å². The van der Waals surface area contributed by atoms with E-state index >= 15 is 0 Å². The molecule has 5 nitrogen and oxygen atoms in total. The zero-order valence-electron chi connectivity index (χ0n) is 11.8. The SMILES string of the molecule is CC(CN)CCC(=O)N1C(C(=O)O)CSC1C(C)C. The molecule has 0 saturated carbocycles. The summed E-state index contributed by atoms with van der Waals surface area (Å²) >= 11 is 1.56. The molecule has 1 fully saturated rings. The number of nitrogens with zero attached hydrogens (tertiary/aromatic N) is 1. The third kappa shape index (κ3) is 4.11. The van der Waals surface area contributed by atoms with Crippen LogP contribution in [0.1, 0.15) is 33.6 Å². The normalized spacial score (nSPS) is 24.8. The topological polar surface area (TPSA) is 83.6 Å². The standard InChI is InChI=1S/C13H24N2O3S/c1-8(2)12-15(10(7-19-12)13(17)18)11(16)5-4-9(3)6-14/h8-10,12H,4-7,14H2,1-3H3,(H,17,18). The monoisotopic (exact) mass is 288 g/mol. The second-order valence-corrected chi connectivity index (χ2v) is 6.65. The van der Waals surface area contributed by atoms with Crippen molar-refractivity contribution in [3.63, 3.8) is 0 Å². The van der Waals surface area contributed by atoms with Crippen LogP contribution in [0.25, 0.3) is 0 Å². The van der Waals surface area contributed by atoms with Crippen LogP contribution in [0.5, 0.6) is 0 Å². The van der Waals surface area contributed by atoms with Crippen molar-refractivity contribution < 1.29 is 14.7 Å². The summed E-state index contributed by atoms with van der Waals surface area (Å²) in [7, 11) is 0. The average Bonchev–Trinajstić information content (AvgIpc) is 2.80. The van der Waals surface area contributed by atoms with Crippen molar-refractivity contribution >= 4 is 23.6 Å². The summed E-state index contributed by atoms with van der Waals surface area (Å²) in [5.41, 5.74) is 5.54. The molecule has 0 aromatic rings. The number of hydrogen-bond acceptors (Lipinski definition) is 4. The lowest BCUT2D eigenvalue weighted by molar-refractivity contribution is -0.149. The Morgan fingerprint density at radius 3 is 2.53 bits per heavy atom. The lowest BCUT2D eigenvalue weighted by Gasteiger charge is -2.30. The van der Waals surface area contributed by atoms with Crippen LogP contribution < -0.4 is 5.73 Å². The highest BCUT2D eigenvalue weighted by Gasteiger charge is 2.42. The van der Waals surface area contributed by atoms with Gasteiger partial charge in [-0.15, -0.1) is 11.8 Å². The Morgan fingerprint density at radius 1 is 1.42 bits per heavy atom. The Hall–Kier alpha value is -0.750. The molecule has 110 valence electrons. The number of carboxylic acids is 1. The van der Waals surface area contributed by atoms with Crippen molar-refractivity contribution in [2.75, 3.05) is 12.3 Å². The van der Waals surface area contributed by atoms with E-state index in [4.69, 9.17) is 5.73 Å². The van der Waals surface area contributed by atoms with Gasteiger partial charge in [0.05, 0.1) is 5.37 Å². The van der Waals surface area contributed by atoms with Crippen LogP contribution in [0.2, 0.25) is 0 Å². The largest absolute Gasteiger partial charge is 0.480 e. The number of carboxylic acid groups (broad SMARTS) is 1. The Bertz CT molecular complexity index is 336. The molecular formula is C13H24N2O3S. The number of rotatable bonds is 6. The van der Waals surface area contributed by atoms with Gasteiger partial charge in [0.1, 0.15) is 6.04 Å². The highest BCUT2D eigenvalue weighted by molar-refractivity contribution is 8.00. The molecule has 1 rings (SSSR count). The highest BCUT2D eigenvalue weighted by Crippen LogP contribution is 2.34. The van der Waals surface area contributed by atoms with Crippen LogP contribution in [0, 0.1) is 11.8 Å². The van der Waals surface area contributed by atoms with E-state index in [1.54, 1.807) is 16.7 Å². The second-order valence-electron chi connectivity index (χ2n) is 5.50. The van der Waals surface area contributed by atoms with Gasteiger partial charge in [-0.25, -0.2) is 4.79 Å². The van der Waals surface area contributed by atoms with E-state index in [-0.39, 0.29) is 17.2 Å². The van der Waals surface area contributed by atoms with Crippen LogP contribution in [0.3, 0.4) is 0 Å². The van der Waals surface area contributed by atoms with Gasteiger partial charge < -0.3 is 15.7 Å². The van der Waals surface area contributed by atoms with Crippen LogP contribution in [0.4, 0.5) is 0 Å². The number of amides is 1. The Labute approximate surface area is 118 Å². The number of hydrogen-bond donors (Lipinski definition) is 2. The predicted molar refractivity (Wildman–Crippen MR) is 76.8 cm³/mol. The maximum absolute atomic E-state index is 12.3. The molecule has 3 atom stereocenters. The molecule has 0 aliphatic carbocycles. The van der Waals surface area contributed by atoms with E-state index in [0.29, 0.717) is 31.1 Å². The number of thioether (sulfide) groups is 1. The van der Waals surface area contributed by atoms with Gasteiger partial charge in [-0.05, 0) is 24.8 Å². The number of carbonyl (C=O) groups excluding carboxylic acids is 1. The van der Waals surface area contributed by atoms with Gasteiger partial charge in [-0.3, -0.25) is 4.79 Å². The summed E-state index contributed by atoms with van der Waals surface area (Å²) in [5, 5.41) is 9.20. The van der Waals surface area contributed by atoms with Crippen molar-refractivity contribution in [2.24, 2.45) is 17.6 Å². The van der Waals surface area contributed by atoms with Crippen LogP contribution in [-0.4, -0.2) is 45.6 Å². The van der Waals surface area contributed by atoms with Gasteiger partial charge in [0.2, 0.25) is 5.91 Å². The molecule has 1 aliphatic rings. The van der Waals surface area contributed by atoms with Crippen LogP contribution in [0.15, 0.2) is 0 Å². The van der Waals surface area contributed by atoms with Crippen LogP contribution >= 0.6 is 11.8 Å². The molecule has 1 aliphatic heterocycles. The Morgan fingerprint density at radius 2 is 2.05 bits per heavy atom. The van der Waals surface area contributed by atoms with Gasteiger partial charge in [0.15, 0.2) is 0 Å². The molecule has 0 aromatic heterocycles. The van der Waals surface area contributed by atoms with Crippen molar-refractivity contribution in [3.8, 4) is 0 Å². The maximum atomic E-state index is 12.3.